The van der Waals surface area contributed by atoms with E-state index < -0.39 is 0 Å². The van der Waals surface area contributed by atoms with Crippen LogP contribution >= 0.6 is 0 Å². The average Bonchev–Trinajstić information content (AvgIpc) is 2.44. The molecule has 2 rings (SSSR count). The molecule has 20 heavy (non-hydrogen) atoms. The maximum Gasteiger partial charge on any atom is 0.272 e. The van der Waals surface area contributed by atoms with Crippen molar-refractivity contribution in [2.75, 3.05) is 39.8 Å². The first-order valence-corrected chi connectivity index (χ1v) is 6.90. The molecule has 1 aromatic carbocycles. The Morgan fingerprint density at radius 2 is 2.30 bits per heavy atom. The molecule has 1 aliphatic rings. The molecule has 1 atom stereocenters. The number of para-hydroxylation sites is 1. The molecule has 0 amide bonds. The van der Waals surface area contributed by atoms with E-state index in [1.165, 1.54) is 0 Å². The van der Waals surface area contributed by atoms with Crippen molar-refractivity contribution >= 4 is 5.69 Å². The van der Waals surface area contributed by atoms with E-state index >= 15 is 0 Å². The van der Waals surface area contributed by atoms with Crippen LogP contribution in [0.3, 0.4) is 0 Å². The summed E-state index contributed by atoms with van der Waals surface area (Å²) in [5.74, 6) is 0. The zero-order valence-electron chi connectivity index (χ0n) is 11.7. The Morgan fingerprint density at radius 3 is 3.05 bits per heavy atom. The van der Waals surface area contributed by atoms with E-state index in [2.05, 4.69) is 17.3 Å². The summed E-state index contributed by atoms with van der Waals surface area (Å²) < 4.78 is 5.65. The monoisotopic (exact) mass is 279 g/mol. The minimum Gasteiger partial charge on any atom is -0.374 e. The van der Waals surface area contributed by atoms with Gasteiger partial charge in [0.2, 0.25) is 0 Å². The largest absolute Gasteiger partial charge is 0.374 e. The third-order valence-electron chi connectivity index (χ3n) is 3.47. The van der Waals surface area contributed by atoms with Crippen LogP contribution in [0.25, 0.3) is 0 Å². The van der Waals surface area contributed by atoms with Gasteiger partial charge in [-0.15, -0.1) is 0 Å². The fourth-order valence-electron chi connectivity index (χ4n) is 2.38. The first kappa shape index (κ1) is 14.9. The van der Waals surface area contributed by atoms with E-state index in [1.807, 2.05) is 12.1 Å². The molecule has 1 N–H and O–H groups in total. The highest BCUT2D eigenvalue weighted by Gasteiger charge is 2.17. The van der Waals surface area contributed by atoms with Crippen LogP contribution in [0.4, 0.5) is 5.69 Å². The van der Waals surface area contributed by atoms with Crippen molar-refractivity contribution in [3.8, 4) is 0 Å². The molecular weight excluding hydrogens is 258 g/mol. The number of benzene rings is 1. The highest BCUT2D eigenvalue weighted by atomic mass is 16.6. The molecule has 1 aliphatic heterocycles. The van der Waals surface area contributed by atoms with Crippen molar-refractivity contribution in [1.29, 1.82) is 0 Å². The lowest BCUT2D eigenvalue weighted by molar-refractivity contribution is -0.385. The number of rotatable bonds is 6. The number of nitro benzene ring substituents is 1. The van der Waals surface area contributed by atoms with Crippen molar-refractivity contribution in [2.24, 2.45) is 0 Å². The van der Waals surface area contributed by atoms with Crippen LogP contribution in [0.5, 0.6) is 0 Å². The second-order valence-electron chi connectivity index (χ2n) is 5.09. The maximum atomic E-state index is 10.9. The lowest BCUT2D eigenvalue weighted by atomic mass is 10.1. The van der Waals surface area contributed by atoms with Gasteiger partial charge in [0, 0.05) is 31.3 Å². The van der Waals surface area contributed by atoms with Crippen LogP contribution in [0.15, 0.2) is 24.3 Å². The number of ether oxygens (including phenoxy) is 1. The molecule has 0 aliphatic carbocycles. The lowest BCUT2D eigenvalue weighted by Crippen LogP contribution is -2.45. The molecule has 0 saturated carbocycles. The molecule has 110 valence electrons. The van der Waals surface area contributed by atoms with Gasteiger partial charge in [0.15, 0.2) is 0 Å². The van der Waals surface area contributed by atoms with E-state index in [0.717, 1.165) is 31.8 Å². The summed E-state index contributed by atoms with van der Waals surface area (Å²) in [6, 6.07) is 6.89. The summed E-state index contributed by atoms with van der Waals surface area (Å²) in [5.41, 5.74) is 0.967. The van der Waals surface area contributed by atoms with Crippen molar-refractivity contribution < 1.29 is 9.66 Å². The molecule has 1 aromatic rings. The predicted octanol–water partition coefficient (Wildman–Crippen LogP) is 1.06. The summed E-state index contributed by atoms with van der Waals surface area (Å²) in [7, 11) is 2.09. The Bertz CT molecular complexity index is 453. The Hall–Kier alpha value is -1.50. The molecule has 6 heteroatoms. The zero-order valence-corrected chi connectivity index (χ0v) is 11.7. The minimum absolute atomic E-state index is 0.197. The Labute approximate surface area is 118 Å². The zero-order chi connectivity index (χ0) is 14.4. The highest BCUT2D eigenvalue weighted by Crippen LogP contribution is 2.17. The molecular formula is C14H21N3O3. The Kier molecular flexibility index (Phi) is 5.46. The van der Waals surface area contributed by atoms with Gasteiger partial charge in [0.1, 0.15) is 0 Å². The van der Waals surface area contributed by atoms with Crippen LogP contribution < -0.4 is 5.32 Å². The quantitative estimate of drug-likeness (QED) is 0.479. The first-order chi connectivity index (χ1) is 9.66. The lowest BCUT2D eigenvalue weighted by Gasteiger charge is -2.30. The Morgan fingerprint density at radius 1 is 1.50 bits per heavy atom. The van der Waals surface area contributed by atoms with E-state index in [1.54, 1.807) is 12.1 Å². The second kappa shape index (κ2) is 7.33. The molecule has 1 fully saturated rings. The fourth-order valence-corrected chi connectivity index (χ4v) is 2.38. The number of hydrogen-bond acceptors (Lipinski definition) is 5. The van der Waals surface area contributed by atoms with Gasteiger partial charge < -0.3 is 15.0 Å². The maximum absolute atomic E-state index is 10.9. The van der Waals surface area contributed by atoms with Crippen molar-refractivity contribution in [3.05, 3.63) is 39.9 Å². The molecule has 1 unspecified atom stereocenters. The van der Waals surface area contributed by atoms with Gasteiger partial charge in [-0.1, -0.05) is 18.2 Å². The van der Waals surface area contributed by atoms with Crippen molar-refractivity contribution in [3.63, 3.8) is 0 Å². The number of hydrogen-bond donors (Lipinski definition) is 1. The first-order valence-electron chi connectivity index (χ1n) is 6.90. The van der Waals surface area contributed by atoms with Crippen LogP contribution in [-0.4, -0.2) is 55.8 Å². The molecule has 0 bridgehead atoms. The van der Waals surface area contributed by atoms with Crippen LogP contribution in [0.2, 0.25) is 0 Å². The van der Waals surface area contributed by atoms with Crippen molar-refractivity contribution in [1.82, 2.24) is 10.2 Å². The standard InChI is InChI=1S/C14H21N3O3/c1-16-8-9-20-13(11-16)10-15-7-6-12-4-2-3-5-14(12)17(18)19/h2-5,13,15H,6-11H2,1H3. The normalized spacial score (nSPS) is 19.9. The third kappa shape index (κ3) is 4.26. The van der Waals surface area contributed by atoms with E-state index in [-0.39, 0.29) is 16.7 Å². The topological polar surface area (TPSA) is 67.6 Å². The number of nitrogens with zero attached hydrogens (tertiary/aromatic N) is 2. The highest BCUT2D eigenvalue weighted by molar-refractivity contribution is 5.39. The summed E-state index contributed by atoms with van der Waals surface area (Å²) in [6.45, 7) is 4.18. The van der Waals surface area contributed by atoms with Crippen LogP contribution in [-0.2, 0) is 11.2 Å². The van der Waals surface area contributed by atoms with Gasteiger partial charge in [-0.3, -0.25) is 10.1 Å². The molecule has 0 radical (unpaired) electrons. The second-order valence-corrected chi connectivity index (χ2v) is 5.09. The molecule has 0 aromatic heterocycles. The number of likely N-dealkylation sites (N-methyl/N-ethyl adjacent to an activating group) is 1. The summed E-state index contributed by atoms with van der Waals surface area (Å²) >= 11 is 0. The van der Waals surface area contributed by atoms with Gasteiger partial charge in [-0.25, -0.2) is 0 Å². The number of nitro groups is 1. The molecule has 6 nitrogen and oxygen atoms in total. The number of morpholine rings is 1. The van der Waals surface area contributed by atoms with Gasteiger partial charge in [0.25, 0.3) is 5.69 Å². The van der Waals surface area contributed by atoms with Gasteiger partial charge >= 0.3 is 0 Å². The SMILES string of the molecule is CN1CCOC(CNCCc2ccccc2[N+](=O)[O-])C1. The predicted molar refractivity (Wildman–Crippen MR) is 76.9 cm³/mol. The fraction of sp³-hybridized carbons (Fsp3) is 0.571. The molecule has 0 spiro atoms. The molecule has 1 saturated heterocycles. The van der Waals surface area contributed by atoms with E-state index in [4.69, 9.17) is 4.74 Å². The summed E-state index contributed by atoms with van der Waals surface area (Å²) in [6.07, 6.45) is 0.860. The summed E-state index contributed by atoms with van der Waals surface area (Å²) in [5, 5.41) is 14.2. The van der Waals surface area contributed by atoms with Crippen LogP contribution in [0.1, 0.15) is 5.56 Å². The summed E-state index contributed by atoms with van der Waals surface area (Å²) in [4.78, 5) is 12.8. The van der Waals surface area contributed by atoms with Crippen LogP contribution in [0, 0.1) is 10.1 Å². The van der Waals surface area contributed by atoms with Gasteiger partial charge in [0.05, 0.1) is 17.6 Å². The van der Waals surface area contributed by atoms with Gasteiger partial charge in [-0.05, 0) is 20.0 Å². The smallest absolute Gasteiger partial charge is 0.272 e. The van der Waals surface area contributed by atoms with E-state index in [9.17, 15) is 10.1 Å². The third-order valence-corrected chi connectivity index (χ3v) is 3.47. The minimum atomic E-state index is -0.325. The van der Waals surface area contributed by atoms with E-state index in [0.29, 0.717) is 13.0 Å². The Balaban J connectivity index is 1.74. The van der Waals surface area contributed by atoms with Gasteiger partial charge in [-0.2, -0.15) is 0 Å². The van der Waals surface area contributed by atoms with Crippen molar-refractivity contribution in [2.45, 2.75) is 12.5 Å². The average molecular weight is 279 g/mol. The molecule has 1 heterocycles. The number of nitrogens with one attached hydrogen (secondary N) is 1.